The molecule has 6 heterocycles. The molecule has 0 unspecified atom stereocenters. The molecule has 1 atom stereocenters. The number of hydrogen-bond donors (Lipinski definition) is 4. The Hall–Kier alpha value is -6.65. The van der Waals surface area contributed by atoms with E-state index in [-0.39, 0.29) is 36.3 Å². The molecule has 0 spiro atoms. The molecule has 61 heavy (non-hydrogen) atoms. The van der Waals surface area contributed by atoms with Crippen LogP contribution in [0.15, 0.2) is 70.7 Å². The van der Waals surface area contributed by atoms with Crippen LogP contribution in [0.3, 0.4) is 0 Å². The number of carbonyl (C=O) groups excluding carboxylic acids is 4. The number of nitrogens with one attached hydrogen (secondary N) is 4. The van der Waals surface area contributed by atoms with Crippen molar-refractivity contribution in [1.82, 2.24) is 40.4 Å². The zero-order chi connectivity index (χ0) is 43.9. The van der Waals surface area contributed by atoms with Crippen molar-refractivity contribution in [1.29, 1.82) is 0 Å². The maximum absolute atomic E-state index is 13.2. The first-order valence-corrected chi connectivity index (χ1v) is 20.6. The second-order valence-corrected chi connectivity index (χ2v) is 14.9. The molecule has 4 N–H and O–H groups in total. The minimum absolute atomic E-state index is 0.00194. The maximum Gasteiger partial charge on any atom is 0.407 e. The van der Waals surface area contributed by atoms with Crippen LogP contribution >= 0.6 is 0 Å². The molecule has 17 nitrogen and oxygen atoms in total. The first kappa shape index (κ1) is 45.4. The third-order valence-electron chi connectivity index (χ3n) is 10.0. The number of alkyl carbamates (subject to hydrolysis) is 2. The van der Waals surface area contributed by atoms with E-state index in [4.69, 9.17) is 9.15 Å². The molecule has 0 radical (unpaired) electrons. The van der Waals surface area contributed by atoms with E-state index in [2.05, 4.69) is 53.9 Å². The lowest BCUT2D eigenvalue weighted by molar-refractivity contribution is -0.133. The normalized spacial score (nSPS) is 14.1. The van der Waals surface area contributed by atoms with E-state index in [9.17, 15) is 24.0 Å². The topological polar surface area (TPSA) is 214 Å². The van der Waals surface area contributed by atoms with Gasteiger partial charge in [0, 0.05) is 37.3 Å². The zero-order valence-electron chi connectivity index (χ0n) is 35.7. The summed E-state index contributed by atoms with van der Waals surface area (Å²) in [5, 5.41) is 5.47. The van der Waals surface area contributed by atoms with Gasteiger partial charge in [-0.15, -0.1) is 0 Å². The fourth-order valence-corrected chi connectivity index (χ4v) is 6.86. The van der Waals surface area contributed by atoms with Crippen molar-refractivity contribution in [2.75, 3.05) is 46.9 Å². The van der Waals surface area contributed by atoms with Gasteiger partial charge in [-0.2, -0.15) is 0 Å². The van der Waals surface area contributed by atoms with Crippen LogP contribution in [0.2, 0.25) is 0 Å². The summed E-state index contributed by atoms with van der Waals surface area (Å²) in [7, 11) is 2.57. The summed E-state index contributed by atoms with van der Waals surface area (Å²) in [6, 6.07) is 10.9. The van der Waals surface area contributed by atoms with Crippen molar-refractivity contribution in [3.8, 4) is 39.6 Å². The summed E-state index contributed by atoms with van der Waals surface area (Å²) in [5.74, 6) is 1.27. The molecular formula is C44H56N8O9. The van der Waals surface area contributed by atoms with Crippen LogP contribution in [0.1, 0.15) is 65.4 Å². The van der Waals surface area contributed by atoms with Crippen molar-refractivity contribution >= 4 is 35.0 Å². The molecule has 3 aliphatic heterocycles. The number of ether oxygens (including phenoxy) is 3. The Morgan fingerprint density at radius 2 is 1.39 bits per heavy atom. The summed E-state index contributed by atoms with van der Waals surface area (Å²) in [4.78, 5) is 76.1. The van der Waals surface area contributed by atoms with Crippen molar-refractivity contribution in [2.45, 2.75) is 72.4 Å². The van der Waals surface area contributed by atoms with Gasteiger partial charge < -0.3 is 49.0 Å². The van der Waals surface area contributed by atoms with Crippen LogP contribution in [0.25, 0.3) is 44.8 Å². The Bertz CT molecular complexity index is 2280. The fraction of sp³-hybridized carbons (Fsp3) is 0.432. The Kier molecular flexibility index (Phi) is 16.5. The fourth-order valence-electron chi connectivity index (χ4n) is 6.86. The number of imidazole rings is 2. The van der Waals surface area contributed by atoms with Crippen molar-refractivity contribution < 1.29 is 37.8 Å². The van der Waals surface area contributed by atoms with Gasteiger partial charge >= 0.3 is 12.2 Å². The number of H-pyrrole nitrogens is 2. The monoisotopic (exact) mass is 840 g/mol. The number of aromatic amines is 2. The minimum Gasteiger partial charge on any atom is -0.488 e. The molecule has 2 fully saturated rings. The largest absolute Gasteiger partial charge is 0.488 e. The average Bonchev–Trinajstić information content (AvgIpc) is 4.13. The summed E-state index contributed by atoms with van der Waals surface area (Å²) in [6.07, 6.45) is 11.1. The molecule has 0 aliphatic carbocycles. The van der Waals surface area contributed by atoms with Gasteiger partial charge in [-0.3, -0.25) is 14.4 Å². The number of methoxy groups -OCH3 is 2. The van der Waals surface area contributed by atoms with Gasteiger partial charge in [0.05, 0.1) is 67.2 Å². The number of carbonyl (C=O) groups is 4. The lowest BCUT2D eigenvalue weighted by Gasteiger charge is -2.26. The third kappa shape index (κ3) is 11.8. The molecule has 326 valence electrons. The Labute approximate surface area is 354 Å². The van der Waals surface area contributed by atoms with Crippen LogP contribution in [-0.2, 0) is 25.7 Å². The van der Waals surface area contributed by atoms with E-state index in [1.807, 2.05) is 50.2 Å². The van der Waals surface area contributed by atoms with Gasteiger partial charge in [-0.05, 0) is 61.9 Å². The van der Waals surface area contributed by atoms with Crippen LogP contribution < -0.4 is 20.8 Å². The number of fused-ring (bicyclic) bond motifs is 4. The average molecular weight is 841 g/mol. The zero-order valence-corrected chi connectivity index (χ0v) is 35.7. The van der Waals surface area contributed by atoms with E-state index in [0.29, 0.717) is 28.0 Å². The summed E-state index contributed by atoms with van der Waals surface area (Å²) in [6.45, 7) is 11.5. The van der Waals surface area contributed by atoms with Crippen LogP contribution in [-0.4, -0.2) is 107 Å². The first-order chi connectivity index (χ1) is 29.5. The standard InChI is InChI=1S/C22H14N4O3.C11H20N2O3.C8H14N2O3.C3H8/c27-21-15-5-12(17-7-23-10-25-17)2-4-19(15)29-22-14-3-1-13(18-8-24-11-26-18)6-20(14)28-9-16(21)22;1-8(2)9(12-11(15)16-3)10(14)13-6-4-5-7-13;1-13-8(12)9-6-7(11)10-4-2-3-5-10;1-3-2/h1-8,10-11H,9H2,(H,23,25)(H,24,26);8-9H,4-7H2,1-3H3,(H,12,15);2-6H2,1H3,(H,9,12);3H2,1-2H3/t;9-;;/m.0../s1. The van der Waals surface area contributed by atoms with Gasteiger partial charge in [-0.1, -0.05) is 40.2 Å². The number of nitrogens with zero attached hydrogens (tertiary/aromatic N) is 4. The van der Waals surface area contributed by atoms with Crippen molar-refractivity contribution in [2.24, 2.45) is 5.92 Å². The molecule has 17 heteroatoms. The van der Waals surface area contributed by atoms with Crippen LogP contribution in [0, 0.1) is 5.92 Å². The second-order valence-electron chi connectivity index (χ2n) is 14.9. The van der Waals surface area contributed by atoms with Gasteiger partial charge in [0.2, 0.25) is 11.8 Å². The molecule has 0 saturated carbocycles. The van der Waals surface area contributed by atoms with Gasteiger partial charge in [0.1, 0.15) is 36.3 Å². The predicted molar refractivity (Wildman–Crippen MR) is 230 cm³/mol. The number of rotatable bonds is 7. The van der Waals surface area contributed by atoms with Gasteiger partial charge in [-0.25, -0.2) is 19.6 Å². The second kappa shape index (κ2) is 22.1. The molecule has 3 aliphatic rings. The number of aromatic nitrogens is 4. The SMILES string of the molecule is CCC.COC(=O)NCC(=O)N1CCCC1.COC(=O)N[C@H](C(=O)N1CCCC1)C(C)C.O=c1c2c(oc3ccc(-c4cnc[nH]4)cc13)-c1ccc(-c3cnc[nH]3)cc1OC2. The number of hydrogen-bond acceptors (Lipinski definition) is 11. The Morgan fingerprint density at radius 3 is 1.95 bits per heavy atom. The Balaban J connectivity index is 0.000000187. The predicted octanol–water partition coefficient (Wildman–Crippen LogP) is 6.50. The number of likely N-dealkylation sites (tertiary alicyclic amines) is 2. The smallest absolute Gasteiger partial charge is 0.407 e. The van der Waals surface area contributed by atoms with E-state index in [1.54, 1.807) is 34.8 Å². The molecule has 2 aromatic carbocycles. The molecule has 3 aromatic heterocycles. The molecule has 4 amide bonds. The molecular weight excluding hydrogens is 785 g/mol. The Morgan fingerprint density at radius 1 is 0.820 bits per heavy atom. The molecule has 2 saturated heterocycles. The van der Waals surface area contributed by atoms with Gasteiger partial charge in [0.15, 0.2) is 5.43 Å². The third-order valence-corrected chi connectivity index (χ3v) is 10.0. The van der Waals surface area contributed by atoms with Gasteiger partial charge in [0.25, 0.3) is 0 Å². The minimum atomic E-state index is -0.562. The number of benzene rings is 2. The highest BCUT2D eigenvalue weighted by molar-refractivity contribution is 5.87. The van der Waals surface area contributed by atoms with E-state index in [1.165, 1.54) is 20.6 Å². The molecule has 0 bridgehead atoms. The van der Waals surface area contributed by atoms with Crippen LogP contribution in [0.4, 0.5) is 9.59 Å². The quantitative estimate of drug-likeness (QED) is 0.139. The van der Waals surface area contributed by atoms with E-state index >= 15 is 0 Å². The van der Waals surface area contributed by atoms with Crippen molar-refractivity contribution in [3.05, 3.63) is 77.2 Å². The number of amides is 4. The highest BCUT2D eigenvalue weighted by atomic mass is 16.5. The maximum atomic E-state index is 13.2. The van der Waals surface area contributed by atoms with E-state index in [0.717, 1.165) is 79.9 Å². The summed E-state index contributed by atoms with van der Waals surface area (Å²) < 4.78 is 20.9. The summed E-state index contributed by atoms with van der Waals surface area (Å²) in [5.41, 5.74) is 5.34. The lowest BCUT2D eigenvalue weighted by Crippen LogP contribution is -2.50. The van der Waals surface area contributed by atoms with Crippen molar-refractivity contribution in [3.63, 3.8) is 0 Å². The molecule has 5 aromatic rings. The highest BCUT2D eigenvalue weighted by Crippen LogP contribution is 2.40. The highest BCUT2D eigenvalue weighted by Gasteiger charge is 2.30. The summed E-state index contributed by atoms with van der Waals surface area (Å²) >= 11 is 0. The molecule has 8 rings (SSSR count). The lowest BCUT2D eigenvalue weighted by atomic mass is 9.99. The first-order valence-electron chi connectivity index (χ1n) is 20.6. The van der Waals surface area contributed by atoms with Crippen LogP contribution in [0.5, 0.6) is 5.75 Å². The van der Waals surface area contributed by atoms with E-state index < -0.39 is 18.2 Å².